The molecule has 0 fully saturated rings. The Kier molecular flexibility index (Phi) is 2.69. The molecule has 1 aliphatic rings. The largest absolute Gasteiger partial charge is 0.207 e. The molecule has 0 aliphatic carbocycles. The van der Waals surface area contributed by atoms with Crippen molar-refractivity contribution in [3.63, 3.8) is 0 Å². The zero-order valence-electron chi connectivity index (χ0n) is 8.78. The number of benzene rings is 2. The molecular formula is C14H8ClFS. The molecule has 0 bridgehead atoms. The maximum Gasteiger partial charge on any atom is 0.123 e. The van der Waals surface area contributed by atoms with Gasteiger partial charge in [0.25, 0.3) is 0 Å². The molecular weight excluding hydrogens is 255 g/mol. The van der Waals surface area contributed by atoms with E-state index in [9.17, 15) is 4.39 Å². The van der Waals surface area contributed by atoms with Crippen LogP contribution < -0.4 is 0 Å². The molecule has 0 unspecified atom stereocenters. The standard InChI is InChI=1S/C14H8ClFS/c15-12-7-9-3-1-2-4-13(9)17-14-6-5-10(16)8-11(12)14/h1-8H. The fourth-order valence-corrected chi connectivity index (χ4v) is 3.18. The molecule has 17 heavy (non-hydrogen) atoms. The minimum Gasteiger partial charge on any atom is -0.207 e. The van der Waals surface area contributed by atoms with E-state index in [-0.39, 0.29) is 5.82 Å². The van der Waals surface area contributed by atoms with Crippen molar-refractivity contribution in [3.8, 4) is 0 Å². The van der Waals surface area contributed by atoms with Crippen LogP contribution in [0.15, 0.2) is 52.3 Å². The van der Waals surface area contributed by atoms with Gasteiger partial charge in [-0.15, -0.1) is 0 Å². The molecule has 2 aromatic rings. The third-order valence-electron chi connectivity index (χ3n) is 2.62. The van der Waals surface area contributed by atoms with Gasteiger partial charge in [0.1, 0.15) is 5.82 Å². The number of hydrogen-bond acceptors (Lipinski definition) is 1. The molecule has 0 spiro atoms. The lowest BCUT2D eigenvalue weighted by atomic mass is 10.1. The maximum absolute atomic E-state index is 13.2. The Morgan fingerprint density at radius 3 is 2.71 bits per heavy atom. The number of fused-ring (bicyclic) bond motifs is 2. The number of rotatable bonds is 0. The average molecular weight is 263 g/mol. The van der Waals surface area contributed by atoms with Crippen LogP contribution in [0.5, 0.6) is 0 Å². The second-order valence-corrected chi connectivity index (χ2v) is 5.26. The van der Waals surface area contributed by atoms with Gasteiger partial charge in [0.15, 0.2) is 0 Å². The maximum atomic E-state index is 13.2. The van der Waals surface area contributed by atoms with E-state index in [1.807, 2.05) is 30.3 Å². The van der Waals surface area contributed by atoms with Gasteiger partial charge in [-0.05, 0) is 35.9 Å². The fourth-order valence-electron chi connectivity index (χ4n) is 1.80. The van der Waals surface area contributed by atoms with Crippen LogP contribution >= 0.6 is 23.4 Å². The first kappa shape index (κ1) is 10.9. The summed E-state index contributed by atoms with van der Waals surface area (Å²) in [4.78, 5) is 2.12. The highest BCUT2D eigenvalue weighted by Gasteiger charge is 2.14. The van der Waals surface area contributed by atoms with Crippen LogP contribution in [0, 0.1) is 5.82 Å². The molecule has 0 saturated carbocycles. The van der Waals surface area contributed by atoms with Gasteiger partial charge in [0.05, 0.1) is 0 Å². The van der Waals surface area contributed by atoms with Crippen LogP contribution in [-0.4, -0.2) is 0 Å². The van der Waals surface area contributed by atoms with Crippen LogP contribution in [-0.2, 0) is 0 Å². The van der Waals surface area contributed by atoms with Crippen LogP contribution in [0.2, 0.25) is 0 Å². The lowest BCUT2D eigenvalue weighted by Crippen LogP contribution is -1.83. The van der Waals surface area contributed by atoms with Gasteiger partial charge in [-0.25, -0.2) is 4.39 Å². The lowest BCUT2D eigenvalue weighted by molar-refractivity contribution is 0.626. The molecule has 0 nitrogen and oxygen atoms in total. The van der Waals surface area contributed by atoms with E-state index < -0.39 is 0 Å². The summed E-state index contributed by atoms with van der Waals surface area (Å²) in [6.07, 6.45) is 1.88. The zero-order chi connectivity index (χ0) is 11.8. The van der Waals surface area contributed by atoms with E-state index in [2.05, 4.69) is 0 Å². The summed E-state index contributed by atoms with van der Waals surface area (Å²) in [5.41, 5.74) is 1.83. The van der Waals surface area contributed by atoms with Gasteiger partial charge in [-0.3, -0.25) is 0 Å². The van der Waals surface area contributed by atoms with Crippen molar-refractivity contribution in [2.45, 2.75) is 9.79 Å². The molecule has 84 valence electrons. The van der Waals surface area contributed by atoms with Gasteiger partial charge in [-0.1, -0.05) is 41.6 Å². The predicted molar refractivity (Wildman–Crippen MR) is 70.7 cm³/mol. The highest BCUT2D eigenvalue weighted by atomic mass is 35.5. The molecule has 2 aromatic carbocycles. The number of halogens is 2. The van der Waals surface area contributed by atoms with E-state index >= 15 is 0 Å². The van der Waals surface area contributed by atoms with Crippen molar-refractivity contribution in [2.75, 3.05) is 0 Å². The SMILES string of the molecule is Fc1ccc2c(c1)C(Cl)=Cc1ccccc1S2. The highest BCUT2D eigenvalue weighted by molar-refractivity contribution is 7.99. The van der Waals surface area contributed by atoms with Gasteiger partial charge >= 0.3 is 0 Å². The Morgan fingerprint density at radius 2 is 1.82 bits per heavy atom. The first-order valence-corrected chi connectivity index (χ1v) is 6.37. The minimum absolute atomic E-state index is 0.262. The van der Waals surface area contributed by atoms with Crippen LogP contribution in [0.3, 0.4) is 0 Å². The first-order chi connectivity index (χ1) is 8.24. The quantitative estimate of drug-likeness (QED) is 0.642. The number of hydrogen-bond donors (Lipinski definition) is 0. The summed E-state index contributed by atoms with van der Waals surface area (Å²) in [5.74, 6) is -0.262. The fraction of sp³-hybridized carbons (Fsp3) is 0. The highest BCUT2D eigenvalue weighted by Crippen LogP contribution is 2.41. The van der Waals surface area contributed by atoms with Crippen molar-refractivity contribution in [1.29, 1.82) is 0 Å². The monoisotopic (exact) mass is 262 g/mol. The van der Waals surface area contributed by atoms with E-state index in [1.165, 1.54) is 12.1 Å². The summed E-state index contributed by atoms with van der Waals surface area (Å²) in [6, 6.07) is 12.7. The Balaban J connectivity index is 2.24. The average Bonchev–Trinajstić information content (AvgIpc) is 2.46. The zero-order valence-corrected chi connectivity index (χ0v) is 10.4. The molecule has 3 heteroatoms. The lowest BCUT2D eigenvalue weighted by Gasteiger charge is -2.05. The van der Waals surface area contributed by atoms with Gasteiger partial charge in [-0.2, -0.15) is 0 Å². The first-order valence-electron chi connectivity index (χ1n) is 5.18. The molecule has 0 radical (unpaired) electrons. The normalized spacial score (nSPS) is 13.4. The van der Waals surface area contributed by atoms with E-state index in [4.69, 9.17) is 11.6 Å². The van der Waals surface area contributed by atoms with Crippen molar-refractivity contribution in [3.05, 3.63) is 59.4 Å². The summed E-state index contributed by atoms with van der Waals surface area (Å²) in [7, 11) is 0. The molecule has 0 N–H and O–H groups in total. The molecule has 1 aliphatic heterocycles. The molecule has 3 rings (SSSR count). The molecule has 0 amide bonds. The van der Waals surface area contributed by atoms with Gasteiger partial charge in [0.2, 0.25) is 0 Å². The van der Waals surface area contributed by atoms with Crippen molar-refractivity contribution in [2.24, 2.45) is 0 Å². The van der Waals surface area contributed by atoms with Crippen molar-refractivity contribution < 1.29 is 4.39 Å². The van der Waals surface area contributed by atoms with Crippen LogP contribution in [0.1, 0.15) is 11.1 Å². The van der Waals surface area contributed by atoms with E-state index in [0.717, 1.165) is 20.9 Å². The second-order valence-electron chi connectivity index (χ2n) is 3.77. The third kappa shape index (κ3) is 1.99. The summed E-state index contributed by atoms with van der Waals surface area (Å²) in [5, 5.41) is 0.581. The Bertz CT molecular complexity index is 619. The Hall–Kier alpha value is -1.25. The van der Waals surface area contributed by atoms with Gasteiger partial charge in [0, 0.05) is 20.4 Å². The molecule has 0 aromatic heterocycles. The molecule has 0 saturated heterocycles. The van der Waals surface area contributed by atoms with Crippen LogP contribution in [0.25, 0.3) is 11.1 Å². The summed E-state index contributed by atoms with van der Waals surface area (Å²) < 4.78 is 13.2. The Morgan fingerprint density at radius 1 is 1.00 bits per heavy atom. The van der Waals surface area contributed by atoms with E-state index in [1.54, 1.807) is 17.8 Å². The Labute approximate surface area is 108 Å². The summed E-state index contributed by atoms with van der Waals surface area (Å²) in [6.45, 7) is 0. The van der Waals surface area contributed by atoms with Crippen molar-refractivity contribution >= 4 is 34.5 Å². The predicted octanol–water partition coefficient (Wildman–Crippen LogP) is 5.03. The second kappa shape index (κ2) is 4.21. The third-order valence-corrected chi connectivity index (χ3v) is 4.10. The van der Waals surface area contributed by atoms with Gasteiger partial charge < -0.3 is 0 Å². The minimum atomic E-state index is -0.262. The molecule has 1 heterocycles. The smallest absolute Gasteiger partial charge is 0.123 e. The van der Waals surface area contributed by atoms with E-state index in [0.29, 0.717) is 5.03 Å². The summed E-state index contributed by atoms with van der Waals surface area (Å²) >= 11 is 7.85. The van der Waals surface area contributed by atoms with Crippen LogP contribution in [0.4, 0.5) is 4.39 Å². The van der Waals surface area contributed by atoms with Crippen molar-refractivity contribution in [1.82, 2.24) is 0 Å². The topological polar surface area (TPSA) is 0 Å². The molecule has 0 atom stereocenters.